The van der Waals surface area contributed by atoms with Crippen molar-refractivity contribution in [1.29, 1.82) is 0 Å². The number of oxazole rings is 1. The molecular weight excluding hydrogens is 637 g/mol. The Hall–Kier alpha value is -5.48. The van der Waals surface area contributed by atoms with Crippen molar-refractivity contribution in [3.63, 3.8) is 0 Å². The Morgan fingerprint density at radius 3 is 1.88 bits per heavy atom. The molecule has 262 valence electrons. The molecule has 0 radical (unpaired) electrons. The minimum absolute atomic E-state index is 0.0910. The van der Waals surface area contributed by atoms with E-state index in [1.807, 2.05) is 30.3 Å². The summed E-state index contributed by atoms with van der Waals surface area (Å²) in [4.78, 5) is 10.1. The summed E-state index contributed by atoms with van der Waals surface area (Å²) in [7, 11) is 0. The number of benzene rings is 6. The first kappa shape index (κ1) is 34.9. The summed E-state index contributed by atoms with van der Waals surface area (Å²) < 4.78 is 6.60. The van der Waals surface area contributed by atoms with Crippen molar-refractivity contribution < 1.29 is 9.52 Å². The van der Waals surface area contributed by atoms with Crippen LogP contribution in [0.15, 0.2) is 125 Å². The van der Waals surface area contributed by atoms with Gasteiger partial charge in [-0.15, -0.1) is 0 Å². The largest absolute Gasteiger partial charge is 0.507 e. The molecule has 1 aromatic heterocycles. The third kappa shape index (κ3) is 6.78. The van der Waals surface area contributed by atoms with Crippen LogP contribution in [0.2, 0.25) is 0 Å². The van der Waals surface area contributed by atoms with Gasteiger partial charge in [0.15, 0.2) is 5.58 Å². The number of hydrogen-bond donors (Lipinski definition) is 1. The molecule has 4 heteroatoms. The van der Waals surface area contributed by atoms with Gasteiger partial charge in [-0.05, 0) is 85.2 Å². The molecule has 0 aliphatic heterocycles. The Bertz CT molecular complexity index is 2460. The molecule has 0 saturated carbocycles. The Morgan fingerprint density at radius 2 is 1.19 bits per heavy atom. The van der Waals surface area contributed by atoms with Crippen LogP contribution >= 0.6 is 0 Å². The Kier molecular flexibility index (Phi) is 8.69. The Morgan fingerprint density at radius 1 is 0.596 bits per heavy atom. The molecule has 52 heavy (non-hydrogen) atoms. The van der Waals surface area contributed by atoms with Crippen molar-refractivity contribution in [1.82, 2.24) is 4.98 Å². The predicted octanol–water partition coefficient (Wildman–Crippen LogP) is 13.3. The molecule has 7 aromatic rings. The van der Waals surface area contributed by atoms with Crippen LogP contribution in [0, 0.1) is 0 Å². The average molecular weight is 685 g/mol. The molecule has 0 aliphatic rings. The first-order chi connectivity index (χ1) is 24.6. The zero-order valence-corrected chi connectivity index (χ0v) is 31.8. The van der Waals surface area contributed by atoms with E-state index in [9.17, 15) is 5.11 Å². The molecule has 0 spiro atoms. The molecule has 4 nitrogen and oxygen atoms in total. The number of aliphatic imine (C=N–C) groups is 1. The van der Waals surface area contributed by atoms with Gasteiger partial charge in [0, 0.05) is 22.9 Å². The summed E-state index contributed by atoms with van der Waals surface area (Å²) in [6.07, 6.45) is 1.77. The van der Waals surface area contributed by atoms with E-state index in [1.165, 1.54) is 27.5 Å². The summed E-state index contributed by atoms with van der Waals surface area (Å²) in [5, 5.41) is 13.9. The summed E-state index contributed by atoms with van der Waals surface area (Å²) in [5.74, 6) is 0.764. The summed E-state index contributed by atoms with van der Waals surface area (Å²) in [6, 6.07) is 40.2. The van der Waals surface area contributed by atoms with Crippen molar-refractivity contribution in [3.8, 4) is 39.5 Å². The minimum Gasteiger partial charge on any atom is -0.507 e. The lowest BCUT2D eigenvalue weighted by Crippen LogP contribution is -2.17. The lowest BCUT2D eigenvalue weighted by atomic mass is 9.79. The van der Waals surface area contributed by atoms with Crippen molar-refractivity contribution in [2.24, 2.45) is 4.99 Å². The summed E-state index contributed by atoms with van der Waals surface area (Å²) in [6.45, 7) is 19.6. The molecule has 0 saturated heterocycles. The van der Waals surface area contributed by atoms with E-state index in [4.69, 9.17) is 14.4 Å². The zero-order valence-electron chi connectivity index (χ0n) is 31.8. The van der Waals surface area contributed by atoms with E-state index >= 15 is 0 Å². The van der Waals surface area contributed by atoms with Crippen molar-refractivity contribution in [2.75, 3.05) is 0 Å². The van der Waals surface area contributed by atoms with Gasteiger partial charge >= 0.3 is 0 Å². The molecule has 0 unspecified atom stereocenters. The summed E-state index contributed by atoms with van der Waals surface area (Å²) >= 11 is 0. The van der Waals surface area contributed by atoms with Gasteiger partial charge in [-0.25, -0.2) is 4.98 Å². The fourth-order valence-corrected chi connectivity index (χ4v) is 6.77. The quantitative estimate of drug-likeness (QED) is 0.184. The van der Waals surface area contributed by atoms with E-state index in [1.54, 1.807) is 6.21 Å². The monoisotopic (exact) mass is 684 g/mol. The normalized spacial score (nSPS) is 12.7. The van der Waals surface area contributed by atoms with E-state index in [0.29, 0.717) is 17.1 Å². The molecule has 1 heterocycles. The molecular formula is C48H48N2O2. The maximum absolute atomic E-state index is 11.4. The van der Waals surface area contributed by atoms with Crippen LogP contribution in [0.25, 0.3) is 55.6 Å². The van der Waals surface area contributed by atoms with Gasteiger partial charge in [-0.2, -0.15) is 0 Å². The first-order valence-corrected chi connectivity index (χ1v) is 18.1. The van der Waals surface area contributed by atoms with E-state index in [0.717, 1.165) is 38.9 Å². The highest BCUT2D eigenvalue weighted by Gasteiger charge is 2.25. The first-order valence-electron chi connectivity index (χ1n) is 18.1. The van der Waals surface area contributed by atoms with Gasteiger partial charge in [0.25, 0.3) is 0 Å². The number of aromatic nitrogens is 1. The van der Waals surface area contributed by atoms with E-state index < -0.39 is 0 Å². The number of hydrogen-bond acceptors (Lipinski definition) is 4. The number of aromatic hydroxyl groups is 1. The number of phenolic OH excluding ortho intramolecular Hbond substituents is 1. The maximum atomic E-state index is 11.4. The molecule has 0 aliphatic carbocycles. The van der Waals surface area contributed by atoms with Crippen LogP contribution < -0.4 is 0 Å². The molecule has 7 rings (SSSR count). The molecule has 6 aromatic carbocycles. The van der Waals surface area contributed by atoms with E-state index in [2.05, 4.69) is 147 Å². The van der Waals surface area contributed by atoms with Gasteiger partial charge in [0.2, 0.25) is 5.89 Å². The number of para-hydroxylation sites is 1. The highest BCUT2D eigenvalue weighted by Crippen LogP contribution is 2.41. The van der Waals surface area contributed by atoms with Crippen LogP contribution in [-0.2, 0) is 16.2 Å². The van der Waals surface area contributed by atoms with Gasteiger partial charge in [0.05, 0.1) is 11.3 Å². The van der Waals surface area contributed by atoms with Crippen LogP contribution in [0.3, 0.4) is 0 Å². The highest BCUT2D eigenvalue weighted by molar-refractivity contribution is 5.98. The topological polar surface area (TPSA) is 58.6 Å². The molecule has 1 N–H and O–H groups in total. The summed E-state index contributed by atoms with van der Waals surface area (Å²) in [5.41, 5.74) is 11.0. The molecule has 0 amide bonds. The fraction of sp³-hybridized carbons (Fsp3) is 0.250. The van der Waals surface area contributed by atoms with E-state index in [-0.39, 0.29) is 22.0 Å². The van der Waals surface area contributed by atoms with Crippen LogP contribution in [0.4, 0.5) is 5.69 Å². The number of rotatable bonds is 5. The Balaban J connectivity index is 1.32. The molecule has 0 fully saturated rings. The predicted molar refractivity (Wildman–Crippen MR) is 219 cm³/mol. The maximum Gasteiger partial charge on any atom is 0.229 e. The average Bonchev–Trinajstić information content (AvgIpc) is 3.54. The second kappa shape index (κ2) is 12.9. The number of fused-ring (bicyclic) bond motifs is 2. The fourth-order valence-electron chi connectivity index (χ4n) is 6.77. The van der Waals surface area contributed by atoms with Gasteiger partial charge in [0.1, 0.15) is 11.3 Å². The van der Waals surface area contributed by atoms with Gasteiger partial charge < -0.3 is 9.52 Å². The van der Waals surface area contributed by atoms with Crippen molar-refractivity contribution in [2.45, 2.75) is 78.6 Å². The van der Waals surface area contributed by atoms with Crippen molar-refractivity contribution in [3.05, 3.63) is 138 Å². The smallest absolute Gasteiger partial charge is 0.229 e. The van der Waals surface area contributed by atoms with Crippen molar-refractivity contribution >= 4 is 33.8 Å². The van der Waals surface area contributed by atoms with Gasteiger partial charge in [-0.3, -0.25) is 4.99 Å². The SMILES string of the molecule is CC(C)(C)c1cc(C=Nc2ccccc2-c2nc3c(-c4ccc(-c5cccc6ccccc56)cc4)cc(C(C)(C)C)cc3o2)c(O)c(C(C)(C)C)c1. The molecule has 0 atom stereocenters. The van der Waals surface area contributed by atoms with Crippen LogP contribution in [-0.4, -0.2) is 16.3 Å². The third-order valence-corrected chi connectivity index (χ3v) is 9.95. The lowest BCUT2D eigenvalue weighted by Gasteiger charge is -2.27. The number of nitrogens with zero attached hydrogens (tertiary/aromatic N) is 2. The second-order valence-corrected chi connectivity index (χ2v) is 17.0. The number of phenols is 1. The lowest BCUT2D eigenvalue weighted by molar-refractivity contribution is 0.444. The zero-order chi connectivity index (χ0) is 37.0. The second-order valence-electron chi connectivity index (χ2n) is 17.0. The minimum atomic E-state index is -0.232. The van der Waals surface area contributed by atoms with Crippen LogP contribution in [0.1, 0.15) is 84.6 Å². The third-order valence-electron chi connectivity index (χ3n) is 9.95. The van der Waals surface area contributed by atoms with Gasteiger partial charge in [-0.1, -0.05) is 147 Å². The molecule has 0 bridgehead atoms. The Labute approximate surface area is 307 Å². The standard InChI is InChI=1S/C48H48N2O2/c1-46(2,3)34-25-33(44(51)40(27-34)48(7,8)9)29-49-41-20-13-12-18-38(41)45-50-43-39(26-35(47(4,5)6)28-42(43)52-45)32-23-21-31(22-24-32)37-19-14-16-30-15-10-11-17-36(30)37/h10-29,51H,1-9H3. The highest BCUT2D eigenvalue weighted by atomic mass is 16.3. The van der Waals surface area contributed by atoms with Crippen LogP contribution in [0.5, 0.6) is 5.75 Å².